The van der Waals surface area contributed by atoms with Gasteiger partial charge in [0.1, 0.15) is 0 Å². The summed E-state index contributed by atoms with van der Waals surface area (Å²) in [6, 6.07) is 0. The molecule has 0 fully saturated rings. The van der Waals surface area contributed by atoms with Crippen molar-refractivity contribution >= 4 is 17.9 Å². The zero-order chi connectivity index (χ0) is 5.21. The monoisotopic (exact) mass is 127 g/mol. The van der Waals surface area contributed by atoms with Gasteiger partial charge in [0, 0.05) is 6.16 Å². The minimum atomic E-state index is -2.67. The molecule has 2 nitrogen and oxygen atoms in total. The Morgan fingerprint density at radius 2 is 2.17 bits per heavy atom. The number of halogens is 1. The Morgan fingerprint density at radius 3 is 2.17 bits per heavy atom. The highest BCUT2D eigenvalue weighted by molar-refractivity contribution is 7.87. The minimum Gasteiger partial charge on any atom is -0.289 e. The second kappa shape index (κ2) is 1.97. The molecular formula is C2H7ClNOP. The maximum absolute atomic E-state index is 10.1. The van der Waals surface area contributed by atoms with Gasteiger partial charge in [0.2, 0.25) is 6.65 Å². The van der Waals surface area contributed by atoms with Crippen LogP contribution in [0.3, 0.4) is 0 Å². The SMILES string of the molecule is CCP(N)(=O)Cl. The molecule has 4 heteroatoms. The highest BCUT2D eigenvalue weighted by Crippen LogP contribution is 2.40. The molecule has 0 spiro atoms. The second-order valence-corrected chi connectivity index (χ2v) is 4.78. The van der Waals surface area contributed by atoms with Gasteiger partial charge in [-0.05, 0) is 11.2 Å². The average Bonchev–Trinajstić information content (AvgIpc) is 1.35. The Morgan fingerprint density at radius 1 is 2.00 bits per heavy atom. The molecule has 6 heavy (non-hydrogen) atoms. The lowest BCUT2D eigenvalue weighted by Gasteiger charge is -1.92. The smallest absolute Gasteiger partial charge is 0.229 e. The molecule has 38 valence electrons. The van der Waals surface area contributed by atoms with Gasteiger partial charge in [-0.2, -0.15) is 0 Å². The molecule has 1 atom stereocenters. The van der Waals surface area contributed by atoms with E-state index in [1.807, 2.05) is 0 Å². The summed E-state index contributed by atoms with van der Waals surface area (Å²) in [5, 5.41) is 0. The van der Waals surface area contributed by atoms with Gasteiger partial charge in [0.15, 0.2) is 0 Å². The van der Waals surface area contributed by atoms with Crippen molar-refractivity contribution in [2.45, 2.75) is 6.92 Å². The van der Waals surface area contributed by atoms with Crippen molar-refractivity contribution in [1.29, 1.82) is 0 Å². The van der Waals surface area contributed by atoms with Gasteiger partial charge in [0.25, 0.3) is 0 Å². The number of hydrogen-bond acceptors (Lipinski definition) is 1. The molecular weight excluding hydrogens is 120 g/mol. The second-order valence-electron chi connectivity index (χ2n) is 1.02. The third-order valence-electron chi connectivity index (χ3n) is 0.431. The van der Waals surface area contributed by atoms with E-state index in [-0.39, 0.29) is 0 Å². The molecule has 1 unspecified atom stereocenters. The number of hydrogen-bond donors (Lipinski definition) is 1. The van der Waals surface area contributed by atoms with Crippen LogP contribution in [0.2, 0.25) is 0 Å². The average molecular weight is 128 g/mol. The molecule has 0 aliphatic rings. The number of nitrogens with two attached hydrogens (primary N) is 1. The van der Waals surface area contributed by atoms with Crippen molar-refractivity contribution in [2.75, 3.05) is 6.16 Å². The van der Waals surface area contributed by atoms with Gasteiger partial charge in [-0.1, -0.05) is 6.92 Å². The lowest BCUT2D eigenvalue weighted by atomic mass is 11.0. The summed E-state index contributed by atoms with van der Waals surface area (Å²) >= 11 is 5.05. The minimum absolute atomic E-state index is 0.370. The normalized spacial score (nSPS) is 19.8. The summed E-state index contributed by atoms with van der Waals surface area (Å²) in [4.78, 5) is 0. The van der Waals surface area contributed by atoms with Crippen molar-refractivity contribution in [3.05, 3.63) is 0 Å². The fraction of sp³-hybridized carbons (Fsp3) is 1.00. The molecule has 0 rings (SSSR count). The standard InChI is InChI=1S/C2H7ClNOP/c1-2-6(3,4)5/h2H2,1H3,(H2,4,5). The first-order valence-corrected chi connectivity index (χ1v) is 4.50. The molecule has 2 N–H and O–H groups in total. The Labute approximate surface area is 41.9 Å². The summed E-state index contributed by atoms with van der Waals surface area (Å²) in [5.74, 6) is 0. The fourth-order valence-corrected chi connectivity index (χ4v) is 0. The van der Waals surface area contributed by atoms with Crippen LogP contribution in [0.1, 0.15) is 6.92 Å². The molecule has 0 aliphatic carbocycles. The summed E-state index contributed by atoms with van der Waals surface area (Å²) in [6.45, 7) is -0.986. The van der Waals surface area contributed by atoms with Gasteiger partial charge < -0.3 is 0 Å². The van der Waals surface area contributed by atoms with Gasteiger partial charge in [-0.15, -0.1) is 0 Å². The van der Waals surface area contributed by atoms with E-state index < -0.39 is 6.65 Å². The van der Waals surface area contributed by atoms with Gasteiger partial charge >= 0.3 is 0 Å². The van der Waals surface area contributed by atoms with Crippen molar-refractivity contribution in [2.24, 2.45) is 5.50 Å². The van der Waals surface area contributed by atoms with E-state index >= 15 is 0 Å². The predicted molar refractivity (Wildman–Crippen MR) is 28.2 cm³/mol. The lowest BCUT2D eigenvalue weighted by Crippen LogP contribution is -1.86. The molecule has 0 aromatic carbocycles. The van der Waals surface area contributed by atoms with Crippen LogP contribution in [0.25, 0.3) is 0 Å². The van der Waals surface area contributed by atoms with Gasteiger partial charge in [-0.3, -0.25) is 10.1 Å². The van der Waals surface area contributed by atoms with E-state index in [9.17, 15) is 4.57 Å². The van der Waals surface area contributed by atoms with Crippen LogP contribution in [0.5, 0.6) is 0 Å². The molecule has 0 amide bonds. The first-order valence-electron chi connectivity index (χ1n) is 1.63. The van der Waals surface area contributed by atoms with Crippen LogP contribution in [0, 0.1) is 0 Å². The number of rotatable bonds is 1. The Balaban J connectivity index is 3.48. The fourth-order valence-electron chi connectivity index (χ4n) is 0. The van der Waals surface area contributed by atoms with E-state index in [0.717, 1.165) is 0 Å². The third-order valence-corrected chi connectivity index (χ3v) is 2.01. The molecule has 0 radical (unpaired) electrons. The Bertz CT molecular complexity index is 77.6. The predicted octanol–water partition coefficient (Wildman–Crippen LogP) is 1.40. The highest BCUT2D eigenvalue weighted by atomic mass is 35.7. The van der Waals surface area contributed by atoms with Crippen LogP contribution in [-0.4, -0.2) is 6.16 Å². The maximum atomic E-state index is 10.1. The van der Waals surface area contributed by atoms with E-state index in [0.29, 0.717) is 6.16 Å². The van der Waals surface area contributed by atoms with Crippen LogP contribution in [0.4, 0.5) is 0 Å². The summed E-state index contributed by atoms with van der Waals surface area (Å²) in [6.07, 6.45) is 0.370. The molecule has 0 aliphatic heterocycles. The summed E-state index contributed by atoms with van der Waals surface area (Å²) in [5.41, 5.74) is 4.86. The summed E-state index contributed by atoms with van der Waals surface area (Å²) < 4.78 is 10.1. The third kappa shape index (κ3) is 4.48. The Hall–Kier alpha value is 0.480. The molecule has 0 aromatic heterocycles. The highest BCUT2D eigenvalue weighted by Gasteiger charge is 2.03. The Kier molecular flexibility index (Phi) is 2.12. The van der Waals surface area contributed by atoms with Gasteiger partial charge in [-0.25, -0.2) is 0 Å². The van der Waals surface area contributed by atoms with Crippen molar-refractivity contribution in [3.63, 3.8) is 0 Å². The quantitative estimate of drug-likeness (QED) is 0.541. The zero-order valence-electron chi connectivity index (χ0n) is 3.52. The molecule has 0 heterocycles. The van der Waals surface area contributed by atoms with Crippen LogP contribution in [0.15, 0.2) is 0 Å². The van der Waals surface area contributed by atoms with Crippen molar-refractivity contribution in [3.8, 4) is 0 Å². The van der Waals surface area contributed by atoms with Crippen molar-refractivity contribution < 1.29 is 4.57 Å². The first-order chi connectivity index (χ1) is 2.56. The zero-order valence-corrected chi connectivity index (χ0v) is 5.17. The van der Waals surface area contributed by atoms with E-state index in [2.05, 4.69) is 0 Å². The van der Waals surface area contributed by atoms with E-state index in [1.165, 1.54) is 0 Å². The maximum Gasteiger partial charge on any atom is 0.229 e. The molecule has 0 bridgehead atoms. The van der Waals surface area contributed by atoms with Crippen LogP contribution in [-0.2, 0) is 4.57 Å². The topological polar surface area (TPSA) is 43.1 Å². The summed E-state index contributed by atoms with van der Waals surface area (Å²) in [7, 11) is 0. The van der Waals surface area contributed by atoms with Gasteiger partial charge in [0.05, 0.1) is 0 Å². The molecule has 0 aromatic rings. The largest absolute Gasteiger partial charge is 0.289 e. The van der Waals surface area contributed by atoms with Crippen LogP contribution < -0.4 is 5.50 Å². The molecule has 0 saturated heterocycles. The van der Waals surface area contributed by atoms with Crippen LogP contribution >= 0.6 is 17.9 Å². The van der Waals surface area contributed by atoms with E-state index in [1.54, 1.807) is 6.92 Å². The molecule has 0 saturated carbocycles. The lowest BCUT2D eigenvalue weighted by molar-refractivity contribution is 0.586. The van der Waals surface area contributed by atoms with E-state index in [4.69, 9.17) is 16.7 Å². The van der Waals surface area contributed by atoms with Crippen molar-refractivity contribution in [1.82, 2.24) is 0 Å². The first kappa shape index (κ1) is 6.48.